The van der Waals surface area contributed by atoms with Crippen molar-refractivity contribution in [3.63, 3.8) is 0 Å². The number of halogens is 1. The molecule has 1 amide bonds. The molecule has 0 aliphatic heterocycles. The molecule has 0 radical (unpaired) electrons. The van der Waals surface area contributed by atoms with E-state index >= 15 is 0 Å². The van der Waals surface area contributed by atoms with Crippen LogP contribution >= 0.6 is 0 Å². The van der Waals surface area contributed by atoms with E-state index in [1.807, 2.05) is 0 Å². The number of hydrogen-bond acceptors (Lipinski definition) is 5. The number of benzene rings is 1. The molecule has 22 heavy (non-hydrogen) atoms. The standard InChI is InChI=1S/C15H17FN4O2/c1-22-9-8-17-13-6-7-14(20-19-13)18-15(21)10-11-2-4-12(16)5-3-11/h2-7H,8-10H2,1H3,(H,17,19)(H,18,20,21). The Morgan fingerprint density at radius 1 is 1.14 bits per heavy atom. The van der Waals surface area contributed by atoms with Crippen molar-refractivity contribution in [1.29, 1.82) is 0 Å². The Morgan fingerprint density at radius 3 is 2.45 bits per heavy atom. The number of carbonyl (C=O) groups is 1. The third-order valence-electron chi connectivity index (χ3n) is 2.82. The number of hydrogen-bond donors (Lipinski definition) is 2. The van der Waals surface area contributed by atoms with E-state index in [1.54, 1.807) is 31.4 Å². The highest BCUT2D eigenvalue weighted by molar-refractivity contribution is 5.91. The van der Waals surface area contributed by atoms with Crippen LogP contribution in [-0.4, -0.2) is 36.4 Å². The Labute approximate surface area is 127 Å². The summed E-state index contributed by atoms with van der Waals surface area (Å²) in [6, 6.07) is 9.17. The second-order valence-corrected chi connectivity index (χ2v) is 4.57. The molecule has 0 saturated carbocycles. The second-order valence-electron chi connectivity index (χ2n) is 4.57. The predicted octanol–water partition coefficient (Wildman–Crippen LogP) is 1.86. The minimum Gasteiger partial charge on any atom is -0.383 e. The van der Waals surface area contributed by atoms with Crippen LogP contribution in [0.1, 0.15) is 5.56 Å². The van der Waals surface area contributed by atoms with Crippen LogP contribution < -0.4 is 10.6 Å². The Hall–Kier alpha value is -2.54. The highest BCUT2D eigenvalue weighted by atomic mass is 19.1. The van der Waals surface area contributed by atoms with Gasteiger partial charge in [0.05, 0.1) is 13.0 Å². The lowest BCUT2D eigenvalue weighted by atomic mass is 10.1. The maximum absolute atomic E-state index is 12.8. The molecule has 0 bridgehead atoms. The van der Waals surface area contributed by atoms with Crippen LogP contribution in [-0.2, 0) is 16.0 Å². The zero-order chi connectivity index (χ0) is 15.8. The monoisotopic (exact) mass is 304 g/mol. The third-order valence-corrected chi connectivity index (χ3v) is 2.82. The van der Waals surface area contributed by atoms with E-state index in [-0.39, 0.29) is 18.1 Å². The summed E-state index contributed by atoms with van der Waals surface area (Å²) in [6.45, 7) is 1.19. The highest BCUT2D eigenvalue weighted by Crippen LogP contribution is 2.08. The van der Waals surface area contributed by atoms with Gasteiger partial charge in [-0.1, -0.05) is 12.1 Å². The molecule has 1 aromatic heterocycles. The fourth-order valence-electron chi connectivity index (χ4n) is 1.75. The fraction of sp³-hybridized carbons (Fsp3) is 0.267. The van der Waals surface area contributed by atoms with Gasteiger partial charge in [0, 0.05) is 13.7 Å². The van der Waals surface area contributed by atoms with Gasteiger partial charge in [-0.05, 0) is 29.8 Å². The summed E-state index contributed by atoms with van der Waals surface area (Å²) in [5.41, 5.74) is 0.727. The fourth-order valence-corrected chi connectivity index (χ4v) is 1.75. The molecule has 0 fully saturated rings. The number of amides is 1. The van der Waals surface area contributed by atoms with E-state index in [2.05, 4.69) is 20.8 Å². The van der Waals surface area contributed by atoms with Crippen LogP contribution in [0.2, 0.25) is 0 Å². The Balaban J connectivity index is 1.84. The van der Waals surface area contributed by atoms with Crippen LogP contribution in [0, 0.1) is 5.82 Å². The molecule has 0 aliphatic carbocycles. The van der Waals surface area contributed by atoms with Crippen molar-refractivity contribution in [1.82, 2.24) is 10.2 Å². The number of ether oxygens (including phenoxy) is 1. The van der Waals surface area contributed by atoms with Gasteiger partial charge < -0.3 is 15.4 Å². The molecule has 116 valence electrons. The van der Waals surface area contributed by atoms with Gasteiger partial charge in [0.15, 0.2) is 5.82 Å². The predicted molar refractivity (Wildman–Crippen MR) is 81.1 cm³/mol. The molecule has 0 aliphatic rings. The number of rotatable bonds is 7. The molecule has 1 heterocycles. The Kier molecular flexibility index (Phi) is 5.79. The van der Waals surface area contributed by atoms with Crippen LogP contribution in [0.4, 0.5) is 16.0 Å². The van der Waals surface area contributed by atoms with Gasteiger partial charge in [-0.3, -0.25) is 4.79 Å². The number of nitrogens with zero attached hydrogens (tertiary/aromatic N) is 2. The smallest absolute Gasteiger partial charge is 0.229 e. The molecule has 0 saturated heterocycles. The average molecular weight is 304 g/mol. The van der Waals surface area contributed by atoms with Crippen molar-refractivity contribution < 1.29 is 13.9 Å². The first-order valence-corrected chi connectivity index (χ1v) is 6.78. The minimum atomic E-state index is -0.327. The van der Waals surface area contributed by atoms with Crippen molar-refractivity contribution in [3.8, 4) is 0 Å². The summed E-state index contributed by atoms with van der Waals surface area (Å²) in [5, 5.41) is 13.5. The second kappa shape index (κ2) is 8.04. The van der Waals surface area contributed by atoms with Crippen molar-refractivity contribution in [2.24, 2.45) is 0 Å². The van der Waals surface area contributed by atoms with Gasteiger partial charge in [0.2, 0.25) is 5.91 Å². The SMILES string of the molecule is COCCNc1ccc(NC(=O)Cc2ccc(F)cc2)nn1. The molecule has 2 aromatic rings. The summed E-state index contributed by atoms with van der Waals surface area (Å²) in [4.78, 5) is 11.9. The topological polar surface area (TPSA) is 76.1 Å². The zero-order valence-electron chi connectivity index (χ0n) is 12.2. The lowest BCUT2D eigenvalue weighted by Gasteiger charge is -2.06. The van der Waals surface area contributed by atoms with Crippen LogP contribution in [0.15, 0.2) is 36.4 Å². The van der Waals surface area contributed by atoms with Gasteiger partial charge in [-0.2, -0.15) is 0 Å². The molecule has 0 spiro atoms. The lowest BCUT2D eigenvalue weighted by molar-refractivity contribution is -0.115. The Morgan fingerprint density at radius 2 is 1.82 bits per heavy atom. The maximum Gasteiger partial charge on any atom is 0.229 e. The number of anilines is 2. The van der Waals surface area contributed by atoms with Crippen molar-refractivity contribution in [3.05, 3.63) is 47.8 Å². The number of aromatic nitrogens is 2. The van der Waals surface area contributed by atoms with E-state index < -0.39 is 0 Å². The Bertz CT molecular complexity index is 602. The van der Waals surface area contributed by atoms with Gasteiger partial charge in [-0.25, -0.2) is 4.39 Å². The van der Waals surface area contributed by atoms with E-state index in [1.165, 1.54) is 12.1 Å². The summed E-state index contributed by atoms with van der Waals surface area (Å²) in [5.74, 6) is 0.408. The molecule has 0 unspecified atom stereocenters. The van der Waals surface area contributed by atoms with Crippen LogP contribution in [0.3, 0.4) is 0 Å². The quantitative estimate of drug-likeness (QED) is 0.764. The zero-order valence-corrected chi connectivity index (χ0v) is 12.2. The minimum absolute atomic E-state index is 0.149. The van der Waals surface area contributed by atoms with Gasteiger partial charge in [-0.15, -0.1) is 10.2 Å². The molecular formula is C15H17FN4O2. The van der Waals surface area contributed by atoms with Crippen molar-refractivity contribution in [2.75, 3.05) is 30.9 Å². The summed E-state index contributed by atoms with van der Waals surface area (Å²) in [7, 11) is 1.62. The molecule has 7 heteroatoms. The van der Waals surface area contributed by atoms with Gasteiger partial charge >= 0.3 is 0 Å². The third kappa shape index (κ3) is 5.10. The number of methoxy groups -OCH3 is 1. The first kappa shape index (κ1) is 15.8. The van der Waals surface area contributed by atoms with Gasteiger partial charge in [0.25, 0.3) is 0 Å². The normalized spacial score (nSPS) is 10.3. The number of nitrogens with one attached hydrogen (secondary N) is 2. The first-order valence-electron chi connectivity index (χ1n) is 6.78. The lowest BCUT2D eigenvalue weighted by Crippen LogP contribution is -2.16. The largest absolute Gasteiger partial charge is 0.383 e. The number of carbonyl (C=O) groups excluding carboxylic acids is 1. The van der Waals surface area contributed by atoms with Crippen LogP contribution in [0.25, 0.3) is 0 Å². The van der Waals surface area contributed by atoms with E-state index in [0.717, 1.165) is 5.56 Å². The summed E-state index contributed by atoms with van der Waals surface area (Å²) in [6.07, 6.45) is 0.149. The average Bonchev–Trinajstić information content (AvgIpc) is 2.51. The molecule has 6 nitrogen and oxygen atoms in total. The van der Waals surface area contributed by atoms with Crippen molar-refractivity contribution >= 4 is 17.5 Å². The van der Waals surface area contributed by atoms with E-state index in [4.69, 9.17) is 4.74 Å². The summed E-state index contributed by atoms with van der Waals surface area (Å²) < 4.78 is 17.7. The maximum atomic E-state index is 12.8. The van der Waals surface area contributed by atoms with Crippen molar-refractivity contribution in [2.45, 2.75) is 6.42 Å². The highest BCUT2D eigenvalue weighted by Gasteiger charge is 2.06. The van der Waals surface area contributed by atoms with E-state index in [0.29, 0.717) is 24.8 Å². The molecule has 2 rings (SSSR count). The van der Waals surface area contributed by atoms with Crippen LogP contribution in [0.5, 0.6) is 0 Å². The molecule has 1 aromatic carbocycles. The van der Waals surface area contributed by atoms with Gasteiger partial charge in [0.1, 0.15) is 11.6 Å². The molecular weight excluding hydrogens is 287 g/mol. The van der Waals surface area contributed by atoms with E-state index in [9.17, 15) is 9.18 Å². The molecule has 0 atom stereocenters. The summed E-state index contributed by atoms with van der Waals surface area (Å²) >= 11 is 0. The molecule has 2 N–H and O–H groups in total. The first-order chi connectivity index (χ1) is 10.7.